The third kappa shape index (κ3) is 3.12. The Bertz CT molecular complexity index is 1320. The lowest BCUT2D eigenvalue weighted by atomic mass is 9.93. The summed E-state index contributed by atoms with van der Waals surface area (Å²) in [5, 5.41) is 11.4. The number of carbonyl (C=O) groups is 1. The highest BCUT2D eigenvalue weighted by Gasteiger charge is 2.19. The van der Waals surface area contributed by atoms with Crippen LogP contribution in [0.5, 0.6) is 5.75 Å². The van der Waals surface area contributed by atoms with Gasteiger partial charge in [-0.25, -0.2) is 9.37 Å². The number of hydrogen-bond acceptors (Lipinski definition) is 4. The maximum absolute atomic E-state index is 13.5. The van der Waals surface area contributed by atoms with E-state index in [0.29, 0.717) is 30.0 Å². The molecule has 5 nitrogen and oxygen atoms in total. The summed E-state index contributed by atoms with van der Waals surface area (Å²) in [6, 6.07) is 17.1. The van der Waals surface area contributed by atoms with Gasteiger partial charge in [0.25, 0.3) is 0 Å². The maximum atomic E-state index is 13.5. The quantitative estimate of drug-likeness (QED) is 0.528. The van der Waals surface area contributed by atoms with Gasteiger partial charge >= 0.3 is 0 Å². The summed E-state index contributed by atoms with van der Waals surface area (Å²) in [6.07, 6.45) is 3.68. The molecule has 5 rings (SSSR count). The second-order valence-corrected chi connectivity index (χ2v) is 7.09. The van der Waals surface area contributed by atoms with Crippen LogP contribution in [0.4, 0.5) is 4.39 Å². The molecule has 3 aromatic carbocycles. The topological polar surface area (TPSA) is 67.2 Å². The minimum atomic E-state index is -1.24. The summed E-state index contributed by atoms with van der Waals surface area (Å²) in [7, 11) is 0. The molecule has 0 bridgehead atoms. The van der Waals surface area contributed by atoms with E-state index in [9.17, 15) is 14.3 Å². The average molecular weight is 399 g/mol. The van der Waals surface area contributed by atoms with E-state index in [1.54, 1.807) is 24.5 Å². The highest BCUT2D eigenvalue weighted by molar-refractivity contribution is 5.91. The first-order chi connectivity index (χ1) is 14.6. The molecule has 30 heavy (non-hydrogen) atoms. The Balaban J connectivity index is 1.65. The van der Waals surface area contributed by atoms with Crippen LogP contribution in [-0.4, -0.2) is 15.5 Å². The number of fused-ring (bicyclic) bond motifs is 3. The number of carboxylic acid groups (broad SMARTS) is 1. The number of nitrogens with zero attached hydrogens (tertiary/aromatic N) is 2. The van der Waals surface area contributed by atoms with Crippen LogP contribution < -0.4 is 9.84 Å². The smallest absolute Gasteiger partial charge is 0.127 e. The lowest BCUT2D eigenvalue weighted by Crippen LogP contribution is -2.22. The number of aromatic nitrogens is 2. The zero-order valence-electron chi connectivity index (χ0n) is 15.8. The number of aromatic carboxylic acids is 1. The average Bonchev–Trinajstić information content (AvgIpc) is 3.07. The van der Waals surface area contributed by atoms with Crippen LogP contribution in [0.2, 0.25) is 0 Å². The summed E-state index contributed by atoms with van der Waals surface area (Å²) in [4.78, 5) is 15.7. The first-order valence-electron chi connectivity index (χ1n) is 9.47. The van der Waals surface area contributed by atoms with Crippen LogP contribution in [0.15, 0.2) is 73.1 Å². The number of benzene rings is 3. The molecule has 1 aliphatic heterocycles. The monoisotopic (exact) mass is 399 g/mol. The molecule has 0 radical (unpaired) electrons. The molecule has 6 heteroatoms. The van der Waals surface area contributed by atoms with Gasteiger partial charge in [-0.3, -0.25) is 0 Å². The Labute approximate surface area is 171 Å². The van der Waals surface area contributed by atoms with Crippen LogP contribution >= 0.6 is 0 Å². The molecule has 0 atom stereocenters. The van der Waals surface area contributed by atoms with E-state index in [1.165, 1.54) is 18.2 Å². The van der Waals surface area contributed by atoms with Crippen LogP contribution in [0.25, 0.3) is 16.6 Å². The number of halogens is 1. The molecule has 4 aromatic rings. The van der Waals surface area contributed by atoms with E-state index in [4.69, 9.17) is 4.74 Å². The fraction of sp³-hybridized carbons (Fsp3) is 0.0833. The van der Waals surface area contributed by atoms with E-state index in [-0.39, 0.29) is 11.4 Å². The molecule has 0 aliphatic carbocycles. The molecule has 0 fully saturated rings. The van der Waals surface area contributed by atoms with Crippen LogP contribution in [0, 0.1) is 5.82 Å². The summed E-state index contributed by atoms with van der Waals surface area (Å²) in [6.45, 7) is 0.860. The van der Waals surface area contributed by atoms with Crippen LogP contribution in [0.3, 0.4) is 0 Å². The Morgan fingerprint density at radius 2 is 2.00 bits per heavy atom. The van der Waals surface area contributed by atoms with Crippen LogP contribution in [0.1, 0.15) is 27.0 Å². The van der Waals surface area contributed by atoms with Crippen molar-refractivity contribution >= 4 is 22.6 Å². The number of rotatable bonds is 3. The minimum Gasteiger partial charge on any atom is -0.545 e. The van der Waals surface area contributed by atoms with Gasteiger partial charge in [0.05, 0.1) is 23.3 Å². The van der Waals surface area contributed by atoms with Gasteiger partial charge in [0.2, 0.25) is 0 Å². The lowest BCUT2D eigenvalue weighted by Gasteiger charge is -2.13. The first kappa shape index (κ1) is 18.1. The molecule has 0 saturated carbocycles. The van der Waals surface area contributed by atoms with Crippen molar-refractivity contribution in [2.24, 2.45) is 0 Å². The number of hydrogen-bond donors (Lipinski definition) is 0. The van der Waals surface area contributed by atoms with Gasteiger partial charge in [-0.05, 0) is 52.6 Å². The summed E-state index contributed by atoms with van der Waals surface area (Å²) < 4.78 is 21.3. The van der Waals surface area contributed by atoms with Crippen molar-refractivity contribution in [2.75, 3.05) is 0 Å². The fourth-order valence-electron chi connectivity index (χ4n) is 3.79. The standard InChI is InChI=1S/C24H17FN2O3/c25-17-6-7-22-21(12-17)26-14-27(22)10-9-19-18-4-2-1-3-16(18)13-30-23-8-5-15(24(28)29)11-20(19)23/h1-9,11-12,14H,10,13H2,(H,28,29)/p-1/b19-9+. The van der Waals surface area contributed by atoms with Crippen molar-refractivity contribution in [1.82, 2.24) is 9.55 Å². The molecule has 0 spiro atoms. The summed E-state index contributed by atoms with van der Waals surface area (Å²) in [5.41, 5.74) is 5.02. The highest BCUT2D eigenvalue weighted by atomic mass is 19.1. The minimum absolute atomic E-state index is 0.0891. The fourth-order valence-corrected chi connectivity index (χ4v) is 3.79. The zero-order chi connectivity index (χ0) is 20.7. The normalized spacial score (nSPS) is 14.1. The molecule has 0 saturated heterocycles. The van der Waals surface area contributed by atoms with Crippen molar-refractivity contribution in [3.8, 4) is 5.75 Å². The van der Waals surface area contributed by atoms with E-state index in [1.807, 2.05) is 34.9 Å². The van der Waals surface area contributed by atoms with Crippen LogP contribution in [-0.2, 0) is 13.2 Å². The molecular weight excluding hydrogens is 383 g/mol. The van der Waals surface area contributed by atoms with Gasteiger partial charge in [-0.1, -0.05) is 30.3 Å². The molecule has 1 aromatic heterocycles. The highest BCUT2D eigenvalue weighted by Crippen LogP contribution is 2.37. The predicted molar refractivity (Wildman–Crippen MR) is 108 cm³/mol. The second kappa shape index (κ2) is 7.15. The van der Waals surface area contributed by atoms with Gasteiger partial charge in [0.15, 0.2) is 0 Å². The molecule has 0 unspecified atom stereocenters. The summed E-state index contributed by atoms with van der Waals surface area (Å²) in [5.74, 6) is -0.956. The first-order valence-corrected chi connectivity index (χ1v) is 9.47. The molecule has 2 heterocycles. The van der Waals surface area contributed by atoms with Crippen molar-refractivity contribution in [2.45, 2.75) is 13.2 Å². The number of ether oxygens (including phenoxy) is 1. The third-order valence-corrected chi connectivity index (χ3v) is 5.27. The van der Waals surface area contributed by atoms with Crippen molar-refractivity contribution in [3.63, 3.8) is 0 Å². The number of carboxylic acids is 1. The molecule has 148 valence electrons. The van der Waals surface area contributed by atoms with Gasteiger partial charge < -0.3 is 19.2 Å². The Morgan fingerprint density at radius 3 is 2.87 bits per heavy atom. The molecule has 0 amide bonds. The summed E-state index contributed by atoms with van der Waals surface area (Å²) >= 11 is 0. The third-order valence-electron chi connectivity index (χ3n) is 5.27. The maximum Gasteiger partial charge on any atom is 0.127 e. The Morgan fingerprint density at radius 1 is 1.13 bits per heavy atom. The SMILES string of the molecule is O=C([O-])c1ccc2c(c1)/C(=C/Cn1cnc3cc(F)ccc31)c1ccccc1CO2. The molecule has 0 N–H and O–H groups in total. The van der Waals surface area contributed by atoms with E-state index in [0.717, 1.165) is 22.2 Å². The van der Waals surface area contributed by atoms with Gasteiger partial charge in [0.1, 0.15) is 18.2 Å². The second-order valence-electron chi connectivity index (χ2n) is 7.09. The number of carbonyl (C=O) groups excluding carboxylic acids is 1. The van der Waals surface area contributed by atoms with Crippen molar-refractivity contribution < 1.29 is 19.0 Å². The number of imidazole rings is 1. The Hall–Kier alpha value is -3.93. The van der Waals surface area contributed by atoms with Gasteiger partial charge in [0, 0.05) is 18.2 Å². The zero-order valence-corrected chi connectivity index (χ0v) is 15.8. The number of allylic oxidation sites excluding steroid dienone is 1. The van der Waals surface area contributed by atoms with Crippen molar-refractivity contribution in [1.29, 1.82) is 0 Å². The predicted octanol–water partition coefficient (Wildman–Crippen LogP) is 3.56. The van der Waals surface area contributed by atoms with E-state index >= 15 is 0 Å². The lowest BCUT2D eigenvalue weighted by molar-refractivity contribution is -0.255. The van der Waals surface area contributed by atoms with E-state index < -0.39 is 5.97 Å². The van der Waals surface area contributed by atoms with Gasteiger partial charge in [-0.2, -0.15) is 0 Å². The van der Waals surface area contributed by atoms with Gasteiger partial charge in [-0.15, -0.1) is 0 Å². The van der Waals surface area contributed by atoms with E-state index in [2.05, 4.69) is 4.98 Å². The molecular formula is C24H16FN2O3-. The van der Waals surface area contributed by atoms with Crippen molar-refractivity contribution in [3.05, 3.63) is 101 Å². The molecule has 1 aliphatic rings. The largest absolute Gasteiger partial charge is 0.545 e. The Kier molecular flexibility index (Phi) is 4.32.